The molecule has 3 rings (SSSR count). The maximum absolute atomic E-state index is 13.7. The Hall–Kier alpha value is -1.99. The Morgan fingerprint density at radius 3 is 2.36 bits per heavy atom. The lowest BCUT2D eigenvalue weighted by atomic mass is 9.69. The van der Waals surface area contributed by atoms with Crippen LogP contribution in [-0.2, 0) is 6.18 Å². The fraction of sp³-hybridized carbons (Fsp3) is 0.450. The van der Waals surface area contributed by atoms with Crippen molar-refractivity contribution in [1.29, 1.82) is 0 Å². The van der Waals surface area contributed by atoms with Crippen molar-refractivity contribution in [3.05, 3.63) is 52.3 Å². The number of benzene rings is 1. The standard InChI is InChI=1S/C20H22ClF3N2O2/c1-13-10-16(18(28)25(2)11-19(12-27)8-3-9-19)26(17(13)20(22,23)24)15-6-4-14(21)5-7-15/h4-7,10,27H,3,8-9,11-12H2,1-2H3. The van der Waals surface area contributed by atoms with Crippen molar-refractivity contribution in [1.82, 2.24) is 9.47 Å². The monoisotopic (exact) mass is 414 g/mol. The lowest BCUT2D eigenvalue weighted by Gasteiger charge is -2.42. The van der Waals surface area contributed by atoms with Crippen LogP contribution in [0, 0.1) is 12.3 Å². The number of halogens is 4. The van der Waals surface area contributed by atoms with Crippen molar-refractivity contribution >= 4 is 17.5 Å². The Morgan fingerprint density at radius 1 is 1.29 bits per heavy atom. The van der Waals surface area contributed by atoms with Gasteiger partial charge in [0, 0.05) is 29.7 Å². The molecule has 0 unspecified atom stereocenters. The topological polar surface area (TPSA) is 45.5 Å². The first kappa shape index (κ1) is 20.7. The molecule has 2 aromatic rings. The zero-order valence-corrected chi connectivity index (χ0v) is 16.4. The minimum Gasteiger partial charge on any atom is -0.396 e. The number of rotatable bonds is 5. The summed E-state index contributed by atoms with van der Waals surface area (Å²) in [6, 6.07) is 7.14. The highest BCUT2D eigenvalue weighted by molar-refractivity contribution is 6.30. The van der Waals surface area contributed by atoms with E-state index in [-0.39, 0.29) is 29.0 Å². The van der Waals surface area contributed by atoms with Crippen molar-refractivity contribution in [3.63, 3.8) is 0 Å². The summed E-state index contributed by atoms with van der Waals surface area (Å²) in [5.74, 6) is -0.520. The van der Waals surface area contributed by atoms with E-state index in [0.29, 0.717) is 11.6 Å². The van der Waals surface area contributed by atoms with Gasteiger partial charge in [0.05, 0.1) is 6.61 Å². The van der Waals surface area contributed by atoms with Crippen LogP contribution in [0.4, 0.5) is 13.2 Å². The van der Waals surface area contributed by atoms with Gasteiger partial charge < -0.3 is 14.6 Å². The van der Waals surface area contributed by atoms with Gasteiger partial charge in [0.1, 0.15) is 11.4 Å². The van der Waals surface area contributed by atoms with E-state index in [0.717, 1.165) is 23.8 Å². The van der Waals surface area contributed by atoms with Crippen LogP contribution in [0.5, 0.6) is 0 Å². The van der Waals surface area contributed by atoms with E-state index in [1.165, 1.54) is 42.2 Å². The van der Waals surface area contributed by atoms with E-state index < -0.39 is 17.8 Å². The number of carbonyl (C=O) groups is 1. The molecule has 28 heavy (non-hydrogen) atoms. The summed E-state index contributed by atoms with van der Waals surface area (Å²) in [6.45, 7) is 1.59. The van der Waals surface area contributed by atoms with Crippen LogP contribution in [0.25, 0.3) is 5.69 Å². The second kappa shape index (κ2) is 7.44. The molecule has 1 aliphatic rings. The van der Waals surface area contributed by atoms with Crippen molar-refractivity contribution in [2.24, 2.45) is 5.41 Å². The van der Waals surface area contributed by atoms with Gasteiger partial charge in [-0.05, 0) is 55.7 Å². The van der Waals surface area contributed by atoms with Crippen LogP contribution in [0.3, 0.4) is 0 Å². The van der Waals surface area contributed by atoms with Crippen molar-refractivity contribution in [3.8, 4) is 5.69 Å². The minimum atomic E-state index is -4.62. The van der Waals surface area contributed by atoms with Crippen LogP contribution >= 0.6 is 11.6 Å². The lowest BCUT2D eigenvalue weighted by molar-refractivity contribution is -0.142. The van der Waals surface area contributed by atoms with Crippen LogP contribution in [0.15, 0.2) is 30.3 Å². The molecular formula is C20H22ClF3N2O2. The summed E-state index contributed by atoms with van der Waals surface area (Å²) in [4.78, 5) is 14.5. The molecule has 1 aliphatic carbocycles. The van der Waals surface area contributed by atoms with Gasteiger partial charge in [-0.25, -0.2) is 0 Å². The third-order valence-corrected chi connectivity index (χ3v) is 5.68. The Kier molecular flexibility index (Phi) is 5.51. The van der Waals surface area contributed by atoms with Gasteiger partial charge in [-0.15, -0.1) is 0 Å². The summed E-state index contributed by atoms with van der Waals surface area (Å²) in [5, 5.41) is 10.0. The third-order valence-electron chi connectivity index (χ3n) is 5.43. The molecule has 0 saturated heterocycles. The van der Waals surface area contributed by atoms with Gasteiger partial charge >= 0.3 is 6.18 Å². The maximum Gasteiger partial charge on any atom is 0.432 e. The van der Waals surface area contributed by atoms with E-state index in [1.54, 1.807) is 7.05 Å². The van der Waals surface area contributed by atoms with Gasteiger partial charge in [-0.2, -0.15) is 13.2 Å². The van der Waals surface area contributed by atoms with Crippen LogP contribution in [0.1, 0.15) is 41.0 Å². The summed E-state index contributed by atoms with van der Waals surface area (Å²) < 4.78 is 42.2. The molecule has 1 aromatic heterocycles. The first-order chi connectivity index (χ1) is 13.1. The van der Waals surface area contributed by atoms with E-state index in [9.17, 15) is 23.1 Å². The summed E-state index contributed by atoms with van der Waals surface area (Å²) in [7, 11) is 1.56. The molecule has 8 heteroatoms. The number of carbonyl (C=O) groups excluding carboxylic acids is 1. The quantitative estimate of drug-likeness (QED) is 0.771. The molecule has 0 aliphatic heterocycles. The summed E-state index contributed by atoms with van der Waals surface area (Å²) in [5.41, 5.74) is -1.12. The first-order valence-corrected chi connectivity index (χ1v) is 9.38. The summed E-state index contributed by atoms with van der Waals surface area (Å²) in [6.07, 6.45) is -2.06. The zero-order valence-electron chi connectivity index (χ0n) is 15.7. The smallest absolute Gasteiger partial charge is 0.396 e. The highest BCUT2D eigenvalue weighted by Gasteiger charge is 2.41. The molecule has 1 amide bonds. The highest BCUT2D eigenvalue weighted by Crippen LogP contribution is 2.41. The van der Waals surface area contributed by atoms with Crippen molar-refractivity contribution in [2.45, 2.75) is 32.4 Å². The molecular weight excluding hydrogens is 393 g/mol. The van der Waals surface area contributed by atoms with E-state index in [2.05, 4.69) is 0 Å². The number of hydrogen-bond acceptors (Lipinski definition) is 2. The summed E-state index contributed by atoms with van der Waals surface area (Å²) >= 11 is 5.87. The Labute approximate surface area is 166 Å². The number of aryl methyl sites for hydroxylation is 1. The second-order valence-electron chi connectivity index (χ2n) is 7.54. The molecule has 0 spiro atoms. The van der Waals surface area contributed by atoms with Gasteiger partial charge in [0.25, 0.3) is 5.91 Å². The van der Waals surface area contributed by atoms with E-state index >= 15 is 0 Å². The highest BCUT2D eigenvalue weighted by atomic mass is 35.5. The predicted octanol–water partition coefficient (Wildman–Crippen LogP) is 4.69. The minimum absolute atomic E-state index is 0.0280. The SMILES string of the molecule is Cc1cc(C(=O)N(C)CC2(CO)CCC2)n(-c2ccc(Cl)cc2)c1C(F)(F)F. The molecule has 0 radical (unpaired) electrons. The Morgan fingerprint density at radius 2 is 1.89 bits per heavy atom. The molecule has 1 aromatic carbocycles. The molecule has 1 heterocycles. The number of aliphatic hydroxyl groups is 1. The number of alkyl halides is 3. The first-order valence-electron chi connectivity index (χ1n) is 9.00. The second-order valence-corrected chi connectivity index (χ2v) is 7.98. The molecule has 1 N–H and O–H groups in total. The molecule has 1 saturated carbocycles. The Bertz CT molecular complexity index is 865. The number of hydrogen-bond donors (Lipinski definition) is 1. The normalized spacial score (nSPS) is 16.0. The third kappa shape index (κ3) is 3.78. The van der Waals surface area contributed by atoms with Crippen LogP contribution in [-0.4, -0.2) is 40.7 Å². The van der Waals surface area contributed by atoms with Gasteiger partial charge in [-0.1, -0.05) is 18.0 Å². The Balaban J connectivity index is 2.05. The fourth-order valence-corrected chi connectivity index (χ4v) is 3.94. The lowest BCUT2D eigenvalue weighted by Crippen LogP contribution is -2.45. The van der Waals surface area contributed by atoms with Crippen LogP contribution < -0.4 is 0 Å². The van der Waals surface area contributed by atoms with Crippen molar-refractivity contribution < 1.29 is 23.1 Å². The number of aromatic nitrogens is 1. The number of amides is 1. The maximum atomic E-state index is 13.7. The van der Waals surface area contributed by atoms with Crippen LogP contribution in [0.2, 0.25) is 5.02 Å². The largest absolute Gasteiger partial charge is 0.432 e. The predicted molar refractivity (Wildman–Crippen MR) is 101 cm³/mol. The number of aliphatic hydroxyl groups excluding tert-OH is 1. The van der Waals surface area contributed by atoms with E-state index in [1.807, 2.05) is 0 Å². The van der Waals surface area contributed by atoms with E-state index in [4.69, 9.17) is 11.6 Å². The molecule has 152 valence electrons. The van der Waals surface area contributed by atoms with Gasteiger partial charge in [0.2, 0.25) is 0 Å². The fourth-order valence-electron chi connectivity index (χ4n) is 3.81. The molecule has 1 fully saturated rings. The molecule has 4 nitrogen and oxygen atoms in total. The number of nitrogens with zero attached hydrogens (tertiary/aromatic N) is 2. The molecule has 0 bridgehead atoms. The zero-order chi connectivity index (χ0) is 20.7. The molecule has 0 atom stereocenters. The van der Waals surface area contributed by atoms with Gasteiger partial charge in [0.15, 0.2) is 0 Å². The van der Waals surface area contributed by atoms with Gasteiger partial charge in [-0.3, -0.25) is 4.79 Å². The average molecular weight is 415 g/mol. The average Bonchev–Trinajstić information content (AvgIpc) is 2.95. The van der Waals surface area contributed by atoms with Crippen molar-refractivity contribution in [2.75, 3.05) is 20.2 Å².